The van der Waals surface area contributed by atoms with Crippen molar-refractivity contribution in [2.75, 3.05) is 6.61 Å². The largest absolute Gasteiger partial charge is 0.462 e. The van der Waals surface area contributed by atoms with E-state index in [0.29, 0.717) is 6.61 Å². The molecule has 0 spiro atoms. The van der Waals surface area contributed by atoms with Gasteiger partial charge in [-0.05, 0) is 30.7 Å². The number of carbonyl (C=O) groups excluding carboxylic acids is 1. The Morgan fingerprint density at radius 3 is 3.06 bits per heavy atom. The van der Waals surface area contributed by atoms with E-state index in [0.717, 1.165) is 22.3 Å². The van der Waals surface area contributed by atoms with Crippen molar-refractivity contribution in [2.45, 2.75) is 13.8 Å². The van der Waals surface area contributed by atoms with Crippen LogP contribution in [0.4, 0.5) is 0 Å². The van der Waals surface area contributed by atoms with Crippen molar-refractivity contribution < 1.29 is 13.9 Å². The van der Waals surface area contributed by atoms with Crippen LogP contribution in [0.15, 0.2) is 34.8 Å². The van der Waals surface area contributed by atoms with Gasteiger partial charge in [-0.25, -0.2) is 0 Å². The minimum Gasteiger partial charge on any atom is -0.462 e. The third kappa shape index (κ3) is 2.75. The number of hydrogen-bond donors (Lipinski definition) is 0. The summed E-state index contributed by atoms with van der Waals surface area (Å²) in [5.41, 5.74) is 1.93. The third-order valence-corrected chi connectivity index (χ3v) is 2.40. The minimum atomic E-state index is -0.271. The Morgan fingerprint density at radius 1 is 1.47 bits per heavy atom. The van der Waals surface area contributed by atoms with Crippen LogP contribution < -0.4 is 0 Å². The highest BCUT2D eigenvalue weighted by atomic mass is 16.5. The SMILES string of the molecule is CC(=O)OC/C=C/c1cccc2oc(C)cc12. The summed E-state index contributed by atoms with van der Waals surface area (Å²) >= 11 is 0. The van der Waals surface area contributed by atoms with Crippen LogP contribution in [0.3, 0.4) is 0 Å². The van der Waals surface area contributed by atoms with E-state index in [1.165, 1.54) is 6.92 Å². The lowest BCUT2D eigenvalue weighted by atomic mass is 10.1. The molecule has 0 amide bonds. The monoisotopic (exact) mass is 230 g/mol. The van der Waals surface area contributed by atoms with Crippen molar-refractivity contribution in [1.29, 1.82) is 0 Å². The molecule has 2 rings (SSSR count). The first kappa shape index (κ1) is 11.5. The first-order valence-electron chi connectivity index (χ1n) is 5.46. The predicted molar refractivity (Wildman–Crippen MR) is 66.6 cm³/mol. The lowest BCUT2D eigenvalue weighted by molar-refractivity contribution is -0.139. The second kappa shape index (κ2) is 4.87. The van der Waals surface area contributed by atoms with Crippen LogP contribution in [-0.4, -0.2) is 12.6 Å². The predicted octanol–water partition coefficient (Wildman–Crippen LogP) is 3.32. The van der Waals surface area contributed by atoms with E-state index in [1.807, 2.05) is 43.3 Å². The van der Waals surface area contributed by atoms with E-state index in [1.54, 1.807) is 0 Å². The third-order valence-electron chi connectivity index (χ3n) is 2.40. The summed E-state index contributed by atoms with van der Waals surface area (Å²) < 4.78 is 10.4. The highest BCUT2D eigenvalue weighted by molar-refractivity contribution is 5.87. The van der Waals surface area contributed by atoms with Crippen LogP contribution in [0, 0.1) is 6.92 Å². The number of esters is 1. The Bertz CT molecular complexity index is 564. The molecule has 0 fully saturated rings. The van der Waals surface area contributed by atoms with Crippen molar-refractivity contribution in [3.05, 3.63) is 41.7 Å². The maximum atomic E-state index is 10.6. The van der Waals surface area contributed by atoms with Crippen LogP contribution in [0.1, 0.15) is 18.2 Å². The minimum absolute atomic E-state index is 0.271. The zero-order chi connectivity index (χ0) is 12.3. The maximum Gasteiger partial charge on any atom is 0.302 e. The number of ether oxygens (including phenoxy) is 1. The second-order valence-corrected chi connectivity index (χ2v) is 3.82. The lowest BCUT2D eigenvalue weighted by Gasteiger charge is -1.97. The summed E-state index contributed by atoms with van der Waals surface area (Å²) in [5, 5.41) is 1.07. The number of fused-ring (bicyclic) bond motifs is 1. The highest BCUT2D eigenvalue weighted by Crippen LogP contribution is 2.23. The highest BCUT2D eigenvalue weighted by Gasteiger charge is 2.02. The van der Waals surface area contributed by atoms with Gasteiger partial charge in [0.15, 0.2) is 0 Å². The van der Waals surface area contributed by atoms with Gasteiger partial charge in [-0.2, -0.15) is 0 Å². The maximum absolute atomic E-state index is 10.6. The normalized spacial score (nSPS) is 11.2. The van der Waals surface area contributed by atoms with E-state index in [-0.39, 0.29) is 5.97 Å². The zero-order valence-corrected chi connectivity index (χ0v) is 9.90. The van der Waals surface area contributed by atoms with E-state index in [9.17, 15) is 4.79 Å². The fourth-order valence-corrected chi connectivity index (χ4v) is 1.70. The molecule has 3 heteroatoms. The van der Waals surface area contributed by atoms with Crippen LogP contribution in [-0.2, 0) is 9.53 Å². The average molecular weight is 230 g/mol. The molecule has 88 valence electrons. The summed E-state index contributed by atoms with van der Waals surface area (Å²) in [4.78, 5) is 10.6. The van der Waals surface area contributed by atoms with Gasteiger partial charge in [0.1, 0.15) is 18.0 Å². The molecule has 1 aromatic carbocycles. The molecular weight excluding hydrogens is 216 g/mol. The first-order chi connectivity index (χ1) is 8.16. The van der Waals surface area contributed by atoms with Gasteiger partial charge < -0.3 is 9.15 Å². The van der Waals surface area contributed by atoms with Gasteiger partial charge >= 0.3 is 5.97 Å². The Kier molecular flexibility index (Phi) is 3.28. The topological polar surface area (TPSA) is 39.4 Å². The van der Waals surface area contributed by atoms with Crippen LogP contribution >= 0.6 is 0 Å². The van der Waals surface area contributed by atoms with Gasteiger partial charge in [-0.15, -0.1) is 0 Å². The van der Waals surface area contributed by atoms with E-state index >= 15 is 0 Å². The molecule has 3 nitrogen and oxygen atoms in total. The van der Waals surface area contributed by atoms with Gasteiger partial charge in [0.25, 0.3) is 0 Å². The molecule has 0 aliphatic heterocycles. The Hall–Kier alpha value is -2.03. The lowest BCUT2D eigenvalue weighted by Crippen LogP contribution is -1.97. The molecule has 2 aromatic rings. The molecule has 0 bridgehead atoms. The van der Waals surface area contributed by atoms with Crippen LogP contribution in [0.2, 0.25) is 0 Å². The number of rotatable bonds is 3. The van der Waals surface area contributed by atoms with Crippen molar-refractivity contribution in [3.63, 3.8) is 0 Å². The first-order valence-corrected chi connectivity index (χ1v) is 5.46. The van der Waals surface area contributed by atoms with Gasteiger partial charge in [0.05, 0.1) is 0 Å². The number of carbonyl (C=O) groups is 1. The Balaban J connectivity index is 2.20. The van der Waals surface area contributed by atoms with Crippen LogP contribution in [0.5, 0.6) is 0 Å². The van der Waals surface area contributed by atoms with E-state index < -0.39 is 0 Å². The molecule has 1 heterocycles. The smallest absolute Gasteiger partial charge is 0.302 e. The molecule has 17 heavy (non-hydrogen) atoms. The number of furan rings is 1. The molecule has 1 aromatic heterocycles. The quantitative estimate of drug-likeness (QED) is 0.759. The average Bonchev–Trinajstić information content (AvgIpc) is 2.65. The fraction of sp³-hybridized carbons (Fsp3) is 0.214. The summed E-state index contributed by atoms with van der Waals surface area (Å²) in [6.45, 7) is 3.61. The number of benzene rings is 1. The molecule has 0 aliphatic carbocycles. The standard InChI is InChI=1S/C14H14O3/c1-10-9-13-12(5-3-7-14(13)17-10)6-4-8-16-11(2)15/h3-7,9H,8H2,1-2H3/b6-4+. The molecule has 0 radical (unpaired) electrons. The summed E-state index contributed by atoms with van der Waals surface area (Å²) in [6.07, 6.45) is 3.75. The molecule has 0 atom stereocenters. The number of hydrogen-bond acceptors (Lipinski definition) is 3. The second-order valence-electron chi connectivity index (χ2n) is 3.82. The Morgan fingerprint density at radius 2 is 2.29 bits per heavy atom. The van der Waals surface area contributed by atoms with Crippen molar-refractivity contribution >= 4 is 23.0 Å². The van der Waals surface area contributed by atoms with Gasteiger partial charge in [0.2, 0.25) is 0 Å². The van der Waals surface area contributed by atoms with E-state index in [4.69, 9.17) is 9.15 Å². The molecule has 0 N–H and O–H groups in total. The summed E-state index contributed by atoms with van der Waals surface area (Å²) in [5.74, 6) is 0.618. The molecule has 0 saturated carbocycles. The molecule has 0 saturated heterocycles. The molecule has 0 aliphatic rings. The summed E-state index contributed by atoms with van der Waals surface area (Å²) in [7, 11) is 0. The Labute approximate surface area is 99.7 Å². The molecular formula is C14H14O3. The number of aryl methyl sites for hydroxylation is 1. The zero-order valence-electron chi connectivity index (χ0n) is 9.90. The molecule has 0 unspecified atom stereocenters. The fourth-order valence-electron chi connectivity index (χ4n) is 1.70. The van der Waals surface area contributed by atoms with E-state index in [2.05, 4.69) is 0 Å². The van der Waals surface area contributed by atoms with Crippen molar-refractivity contribution in [1.82, 2.24) is 0 Å². The van der Waals surface area contributed by atoms with Gasteiger partial charge in [-0.1, -0.05) is 18.2 Å². The van der Waals surface area contributed by atoms with Crippen LogP contribution in [0.25, 0.3) is 17.0 Å². The van der Waals surface area contributed by atoms with Gasteiger partial charge in [0, 0.05) is 12.3 Å². The van der Waals surface area contributed by atoms with Crippen molar-refractivity contribution in [3.8, 4) is 0 Å². The van der Waals surface area contributed by atoms with Gasteiger partial charge in [-0.3, -0.25) is 4.79 Å². The van der Waals surface area contributed by atoms with Crippen molar-refractivity contribution in [2.24, 2.45) is 0 Å². The summed E-state index contributed by atoms with van der Waals surface area (Å²) in [6, 6.07) is 7.88.